The minimum Gasteiger partial charge on any atom is -0.406 e. The quantitative estimate of drug-likeness (QED) is 0.871. The summed E-state index contributed by atoms with van der Waals surface area (Å²) in [4.78, 5) is 13.8. The topological polar surface area (TPSA) is 61.8 Å². The van der Waals surface area contributed by atoms with Crippen molar-refractivity contribution in [3.63, 3.8) is 0 Å². The van der Waals surface area contributed by atoms with Crippen LogP contribution in [0.4, 0.5) is 18.9 Å². The number of carbonyl (C=O) groups excluding carboxylic acids is 1. The Morgan fingerprint density at radius 1 is 1.36 bits per heavy atom. The molecule has 0 radical (unpaired) electrons. The van der Waals surface area contributed by atoms with Crippen LogP contribution >= 0.6 is 0 Å². The molecule has 1 aromatic rings. The normalized spacial score (nSPS) is 19.2. The predicted octanol–water partition coefficient (Wildman–Crippen LogP) is 1.98. The molecule has 0 unspecified atom stereocenters. The number of anilines is 1. The van der Waals surface area contributed by atoms with Crippen LogP contribution in [-0.4, -0.2) is 48.0 Å². The molecule has 1 heterocycles. The van der Waals surface area contributed by atoms with E-state index in [2.05, 4.69) is 10.1 Å². The second-order valence-corrected chi connectivity index (χ2v) is 5.07. The molecule has 8 heteroatoms. The van der Waals surface area contributed by atoms with E-state index in [1.165, 1.54) is 12.1 Å². The zero-order valence-corrected chi connectivity index (χ0v) is 11.8. The van der Waals surface area contributed by atoms with Gasteiger partial charge in [-0.15, -0.1) is 13.2 Å². The lowest BCUT2D eigenvalue weighted by Crippen LogP contribution is -2.38. The van der Waals surface area contributed by atoms with Crippen molar-refractivity contribution in [2.45, 2.75) is 25.2 Å². The number of rotatable bonds is 5. The molecule has 1 fully saturated rings. The Labute approximate surface area is 125 Å². The molecule has 0 aliphatic carbocycles. The van der Waals surface area contributed by atoms with Gasteiger partial charge in [-0.3, -0.25) is 9.69 Å². The minimum absolute atomic E-state index is 0.00619. The molecule has 1 aliphatic rings. The van der Waals surface area contributed by atoms with Crippen LogP contribution in [0.25, 0.3) is 0 Å². The molecule has 5 nitrogen and oxygen atoms in total. The molecule has 0 saturated carbocycles. The van der Waals surface area contributed by atoms with Crippen LogP contribution in [0.5, 0.6) is 5.75 Å². The Bertz CT molecular complexity index is 505. The molecule has 1 amide bonds. The largest absolute Gasteiger partial charge is 0.573 e. The fraction of sp³-hybridized carbons (Fsp3) is 0.500. The Kier molecular flexibility index (Phi) is 5.25. The number of hydrogen-bond donors (Lipinski definition) is 2. The summed E-state index contributed by atoms with van der Waals surface area (Å²) in [5, 5.41) is 11.8. The molecule has 1 aliphatic heterocycles. The lowest BCUT2D eigenvalue weighted by molar-refractivity contribution is -0.274. The zero-order valence-electron chi connectivity index (χ0n) is 11.8. The fourth-order valence-electron chi connectivity index (χ4n) is 2.43. The van der Waals surface area contributed by atoms with Gasteiger partial charge < -0.3 is 15.2 Å². The Morgan fingerprint density at radius 3 is 2.64 bits per heavy atom. The van der Waals surface area contributed by atoms with E-state index in [0.29, 0.717) is 5.69 Å². The molecule has 0 spiro atoms. The van der Waals surface area contributed by atoms with Crippen molar-refractivity contribution >= 4 is 11.6 Å². The summed E-state index contributed by atoms with van der Waals surface area (Å²) in [7, 11) is 0. The molecular weight excluding hydrogens is 301 g/mol. The fourth-order valence-corrected chi connectivity index (χ4v) is 2.43. The number of ether oxygens (including phenoxy) is 1. The van der Waals surface area contributed by atoms with Crippen molar-refractivity contribution in [1.82, 2.24) is 4.90 Å². The minimum atomic E-state index is -4.74. The Balaban J connectivity index is 1.86. The van der Waals surface area contributed by atoms with Gasteiger partial charge in [0, 0.05) is 11.7 Å². The van der Waals surface area contributed by atoms with Crippen LogP contribution in [-0.2, 0) is 4.79 Å². The molecular formula is C14H17F3N2O3. The van der Waals surface area contributed by atoms with Crippen molar-refractivity contribution in [3.05, 3.63) is 24.3 Å². The van der Waals surface area contributed by atoms with E-state index in [-0.39, 0.29) is 30.9 Å². The van der Waals surface area contributed by atoms with Gasteiger partial charge in [-0.05, 0) is 43.7 Å². The average molecular weight is 318 g/mol. The van der Waals surface area contributed by atoms with Gasteiger partial charge in [0.2, 0.25) is 5.91 Å². The van der Waals surface area contributed by atoms with Crippen LogP contribution in [0.2, 0.25) is 0 Å². The van der Waals surface area contributed by atoms with Crippen LogP contribution in [0, 0.1) is 0 Å². The molecule has 1 atom stereocenters. The van der Waals surface area contributed by atoms with Gasteiger partial charge in [-0.2, -0.15) is 0 Å². The first-order valence-corrected chi connectivity index (χ1v) is 6.88. The number of nitrogens with zero attached hydrogens (tertiary/aromatic N) is 1. The van der Waals surface area contributed by atoms with Gasteiger partial charge in [-0.25, -0.2) is 0 Å². The van der Waals surface area contributed by atoms with E-state index in [1.54, 1.807) is 0 Å². The third-order valence-electron chi connectivity index (χ3n) is 3.43. The molecule has 1 aromatic carbocycles. The van der Waals surface area contributed by atoms with Gasteiger partial charge in [-0.1, -0.05) is 0 Å². The van der Waals surface area contributed by atoms with Crippen molar-refractivity contribution in [2.24, 2.45) is 0 Å². The number of aliphatic hydroxyl groups is 1. The standard InChI is InChI=1S/C14H17F3N2O3/c15-14(16,17)22-12-5-3-10(4-6-12)18-13(21)8-19-7-1-2-11(19)9-20/h3-6,11,20H,1-2,7-9H2,(H,18,21)/t11-/m1/s1. The van der Waals surface area contributed by atoms with E-state index in [4.69, 9.17) is 0 Å². The zero-order chi connectivity index (χ0) is 16.2. The maximum Gasteiger partial charge on any atom is 0.573 e. The van der Waals surface area contributed by atoms with Crippen molar-refractivity contribution in [1.29, 1.82) is 0 Å². The second-order valence-electron chi connectivity index (χ2n) is 5.07. The molecule has 1 saturated heterocycles. The lowest BCUT2D eigenvalue weighted by Gasteiger charge is -2.21. The summed E-state index contributed by atoms with van der Waals surface area (Å²) >= 11 is 0. The summed E-state index contributed by atoms with van der Waals surface area (Å²) in [6, 6.07) is 4.94. The van der Waals surface area contributed by atoms with Gasteiger partial charge in [0.15, 0.2) is 0 Å². The number of hydrogen-bond acceptors (Lipinski definition) is 4. The van der Waals surface area contributed by atoms with Crippen molar-refractivity contribution < 1.29 is 27.8 Å². The van der Waals surface area contributed by atoms with Gasteiger partial charge in [0.05, 0.1) is 13.2 Å². The molecule has 22 heavy (non-hydrogen) atoms. The van der Waals surface area contributed by atoms with E-state index in [9.17, 15) is 23.1 Å². The maximum absolute atomic E-state index is 12.0. The van der Waals surface area contributed by atoms with Gasteiger partial charge in [0.25, 0.3) is 0 Å². The van der Waals surface area contributed by atoms with Gasteiger partial charge in [0.1, 0.15) is 5.75 Å². The Morgan fingerprint density at radius 2 is 2.05 bits per heavy atom. The van der Waals surface area contributed by atoms with Crippen molar-refractivity contribution in [2.75, 3.05) is 25.0 Å². The number of halogens is 3. The number of nitrogens with one attached hydrogen (secondary N) is 1. The molecule has 2 rings (SSSR count). The second kappa shape index (κ2) is 6.97. The first kappa shape index (κ1) is 16.6. The van der Waals surface area contributed by atoms with E-state index in [0.717, 1.165) is 31.5 Å². The smallest absolute Gasteiger partial charge is 0.406 e. The highest BCUT2D eigenvalue weighted by molar-refractivity contribution is 5.92. The number of amides is 1. The molecule has 122 valence electrons. The van der Waals surface area contributed by atoms with E-state index in [1.807, 2.05) is 4.90 Å². The highest BCUT2D eigenvalue weighted by Gasteiger charge is 2.31. The van der Waals surface area contributed by atoms with Gasteiger partial charge >= 0.3 is 6.36 Å². The monoisotopic (exact) mass is 318 g/mol. The number of aliphatic hydroxyl groups excluding tert-OH is 1. The maximum atomic E-state index is 12.0. The number of benzene rings is 1. The summed E-state index contributed by atoms with van der Waals surface area (Å²) in [6.07, 6.45) is -2.95. The average Bonchev–Trinajstić information content (AvgIpc) is 2.86. The van der Waals surface area contributed by atoms with E-state index >= 15 is 0 Å². The highest BCUT2D eigenvalue weighted by atomic mass is 19.4. The number of carbonyl (C=O) groups is 1. The first-order chi connectivity index (χ1) is 10.4. The Hall–Kier alpha value is -1.80. The summed E-state index contributed by atoms with van der Waals surface area (Å²) in [5.41, 5.74) is 0.388. The lowest BCUT2D eigenvalue weighted by atomic mass is 10.2. The number of likely N-dealkylation sites (tertiary alicyclic amines) is 1. The van der Waals surface area contributed by atoms with E-state index < -0.39 is 6.36 Å². The molecule has 0 aromatic heterocycles. The van der Waals surface area contributed by atoms with Crippen LogP contribution < -0.4 is 10.1 Å². The predicted molar refractivity (Wildman–Crippen MR) is 73.4 cm³/mol. The molecule has 0 bridgehead atoms. The number of alkyl halides is 3. The SMILES string of the molecule is O=C(CN1CCC[C@@H]1CO)Nc1ccc(OC(F)(F)F)cc1. The third-order valence-corrected chi connectivity index (χ3v) is 3.43. The summed E-state index contributed by atoms with van der Waals surface area (Å²) in [6.45, 7) is 0.903. The van der Waals surface area contributed by atoms with Crippen molar-refractivity contribution in [3.8, 4) is 5.75 Å². The summed E-state index contributed by atoms with van der Waals surface area (Å²) in [5.74, 6) is -0.616. The first-order valence-electron chi connectivity index (χ1n) is 6.88. The van der Waals surface area contributed by atoms with Crippen LogP contribution in [0.15, 0.2) is 24.3 Å². The summed E-state index contributed by atoms with van der Waals surface area (Å²) < 4.78 is 39.8. The van der Waals surface area contributed by atoms with Crippen LogP contribution in [0.1, 0.15) is 12.8 Å². The highest BCUT2D eigenvalue weighted by Crippen LogP contribution is 2.24. The third kappa shape index (κ3) is 4.88. The molecule has 2 N–H and O–H groups in total. The van der Waals surface area contributed by atoms with Crippen LogP contribution in [0.3, 0.4) is 0 Å².